The summed E-state index contributed by atoms with van der Waals surface area (Å²) in [5.74, 6) is 0. The summed E-state index contributed by atoms with van der Waals surface area (Å²) >= 11 is 0. The van der Waals surface area contributed by atoms with E-state index in [-0.39, 0.29) is 18.1 Å². The Kier molecular flexibility index (Phi) is 5.11. The van der Waals surface area contributed by atoms with Crippen LogP contribution in [0.5, 0.6) is 6.01 Å². The van der Waals surface area contributed by atoms with E-state index in [0.717, 1.165) is 12.1 Å². The van der Waals surface area contributed by atoms with Gasteiger partial charge in [-0.05, 0) is 30.5 Å². The second-order valence-electron chi connectivity index (χ2n) is 6.22. The Morgan fingerprint density at radius 1 is 1.11 bits per heavy atom. The number of fused-ring (bicyclic) bond motifs is 1. The monoisotopic (exact) mass is 393 g/mol. The van der Waals surface area contributed by atoms with Crippen LogP contribution in [0.4, 0.5) is 26.3 Å². The van der Waals surface area contributed by atoms with E-state index >= 15 is 0 Å². The molecule has 0 aliphatic carbocycles. The predicted molar refractivity (Wildman–Crippen MR) is 84.3 cm³/mol. The van der Waals surface area contributed by atoms with Crippen LogP contribution in [0.3, 0.4) is 0 Å². The lowest BCUT2D eigenvalue weighted by atomic mass is 9.99. The van der Waals surface area contributed by atoms with Crippen molar-refractivity contribution in [3.8, 4) is 6.01 Å². The summed E-state index contributed by atoms with van der Waals surface area (Å²) in [6.45, 7) is 0.729. The summed E-state index contributed by atoms with van der Waals surface area (Å²) in [4.78, 5) is 3.58. The third-order valence-corrected chi connectivity index (χ3v) is 4.48. The minimum atomic E-state index is -4.63. The van der Waals surface area contributed by atoms with E-state index in [1.807, 2.05) is 0 Å². The van der Waals surface area contributed by atoms with Gasteiger partial charge in [0.25, 0.3) is 6.01 Å². The highest BCUT2D eigenvalue weighted by atomic mass is 19.4. The molecule has 1 unspecified atom stereocenters. The Bertz CT molecular complexity index is 795. The van der Waals surface area contributed by atoms with E-state index in [4.69, 9.17) is 4.74 Å². The molecule has 3 rings (SSSR count). The number of halogens is 6. The van der Waals surface area contributed by atoms with Gasteiger partial charge in [0.1, 0.15) is 0 Å². The molecule has 1 atom stereocenters. The van der Waals surface area contributed by atoms with Crippen molar-refractivity contribution in [3.63, 3.8) is 0 Å². The minimum Gasteiger partial charge on any atom is -0.468 e. The summed E-state index contributed by atoms with van der Waals surface area (Å²) in [5.41, 5.74) is -1.15. The quantitative estimate of drug-likeness (QED) is 0.792. The van der Waals surface area contributed by atoms with Gasteiger partial charge in [-0.15, -0.1) is 0 Å². The molecule has 2 heterocycles. The molecule has 148 valence electrons. The molecular weight excluding hydrogens is 376 g/mol. The first-order valence-electron chi connectivity index (χ1n) is 8.22. The van der Waals surface area contributed by atoms with Gasteiger partial charge in [-0.2, -0.15) is 31.3 Å². The molecule has 0 fully saturated rings. The highest BCUT2D eigenvalue weighted by Crippen LogP contribution is 2.39. The van der Waals surface area contributed by atoms with Crippen LogP contribution in [-0.2, 0) is 25.3 Å². The third-order valence-electron chi connectivity index (χ3n) is 4.48. The number of aromatic nitrogens is 2. The van der Waals surface area contributed by atoms with Gasteiger partial charge in [-0.1, -0.05) is 12.1 Å². The molecule has 0 amide bonds. The molecule has 0 bridgehead atoms. The maximum Gasteiger partial charge on any atom is 0.435 e. The average molecular weight is 393 g/mol. The van der Waals surface area contributed by atoms with E-state index in [1.54, 1.807) is 0 Å². The second kappa shape index (κ2) is 7.06. The zero-order chi connectivity index (χ0) is 19.8. The van der Waals surface area contributed by atoms with Crippen LogP contribution in [0.25, 0.3) is 0 Å². The van der Waals surface area contributed by atoms with Gasteiger partial charge in [0.2, 0.25) is 0 Å². The highest BCUT2D eigenvalue weighted by molar-refractivity contribution is 5.29. The molecule has 0 saturated heterocycles. The Hall–Kier alpha value is -2.23. The lowest BCUT2D eigenvalue weighted by molar-refractivity contribution is -0.142. The van der Waals surface area contributed by atoms with Crippen molar-refractivity contribution in [2.75, 3.05) is 13.7 Å². The number of ether oxygens (including phenoxy) is 1. The molecule has 1 aromatic heterocycles. The summed E-state index contributed by atoms with van der Waals surface area (Å²) in [6, 6.07) is 3.89. The van der Waals surface area contributed by atoms with Crippen molar-refractivity contribution in [1.29, 1.82) is 0 Å². The van der Waals surface area contributed by atoms with Crippen molar-refractivity contribution >= 4 is 0 Å². The van der Waals surface area contributed by atoms with Crippen molar-refractivity contribution in [1.82, 2.24) is 14.9 Å². The van der Waals surface area contributed by atoms with Gasteiger partial charge in [0.05, 0.1) is 24.4 Å². The fourth-order valence-corrected chi connectivity index (χ4v) is 3.24. The number of alkyl halides is 6. The first kappa shape index (κ1) is 19.5. The zero-order valence-corrected chi connectivity index (χ0v) is 14.3. The van der Waals surface area contributed by atoms with Crippen LogP contribution < -0.4 is 10.1 Å². The van der Waals surface area contributed by atoms with E-state index in [1.165, 1.54) is 23.8 Å². The number of nitrogens with one attached hydrogen (secondary N) is 1. The van der Waals surface area contributed by atoms with E-state index in [0.29, 0.717) is 25.1 Å². The van der Waals surface area contributed by atoms with Gasteiger partial charge < -0.3 is 10.1 Å². The van der Waals surface area contributed by atoms with Crippen LogP contribution in [0, 0.1) is 0 Å². The molecule has 27 heavy (non-hydrogen) atoms. The normalized spacial score (nSPS) is 17.7. The molecule has 0 saturated carbocycles. The van der Waals surface area contributed by atoms with Crippen molar-refractivity contribution in [2.24, 2.45) is 0 Å². The topological polar surface area (TPSA) is 39.1 Å². The predicted octanol–water partition coefficient (Wildman–Crippen LogP) is 4.21. The second-order valence-corrected chi connectivity index (χ2v) is 6.22. The summed E-state index contributed by atoms with van der Waals surface area (Å²) in [5, 5.41) is 3.03. The molecule has 1 N–H and O–H groups in total. The summed E-state index contributed by atoms with van der Waals surface area (Å²) < 4.78 is 84.3. The number of methoxy groups -OCH3 is 1. The zero-order valence-electron chi connectivity index (χ0n) is 14.3. The van der Waals surface area contributed by atoms with Crippen molar-refractivity contribution < 1.29 is 31.1 Å². The first-order chi connectivity index (χ1) is 12.6. The van der Waals surface area contributed by atoms with Crippen LogP contribution in [0.15, 0.2) is 24.3 Å². The lowest BCUT2D eigenvalue weighted by Gasteiger charge is -2.27. The molecule has 0 radical (unpaired) electrons. The fraction of sp³-hybridized carbons (Fsp3) is 0.471. The average Bonchev–Trinajstić information content (AvgIpc) is 2.99. The SMILES string of the molecule is COc1nc(C(F)(F)F)c2n1CCNC2CCc1ccc(C(F)(F)F)cc1. The van der Waals surface area contributed by atoms with Gasteiger partial charge in [-0.25, -0.2) is 0 Å². The molecule has 1 aromatic carbocycles. The molecule has 1 aliphatic rings. The molecule has 4 nitrogen and oxygen atoms in total. The molecule has 1 aliphatic heterocycles. The Balaban J connectivity index is 1.81. The number of aryl methyl sites for hydroxylation is 1. The smallest absolute Gasteiger partial charge is 0.435 e. The van der Waals surface area contributed by atoms with E-state index in [9.17, 15) is 26.3 Å². The Morgan fingerprint density at radius 3 is 2.33 bits per heavy atom. The maximum atomic E-state index is 13.4. The number of nitrogens with zero attached hydrogens (tertiary/aromatic N) is 2. The van der Waals surface area contributed by atoms with Gasteiger partial charge in [0.15, 0.2) is 5.69 Å². The third kappa shape index (κ3) is 4.05. The summed E-state index contributed by atoms with van der Waals surface area (Å²) in [6.07, 6.45) is -8.45. The number of benzene rings is 1. The minimum absolute atomic E-state index is 0.00230. The van der Waals surface area contributed by atoms with E-state index < -0.39 is 29.7 Å². The van der Waals surface area contributed by atoms with E-state index in [2.05, 4.69) is 10.3 Å². The summed E-state index contributed by atoms with van der Waals surface area (Å²) in [7, 11) is 1.26. The number of hydrogen-bond acceptors (Lipinski definition) is 3. The molecule has 10 heteroatoms. The number of hydrogen-bond donors (Lipinski definition) is 1. The van der Waals surface area contributed by atoms with Crippen LogP contribution in [0.1, 0.15) is 35.0 Å². The number of imidazole rings is 1. The molecular formula is C17H17F6N3O. The standard InChI is InChI=1S/C17H17F6N3O/c1-27-15-25-14(17(21,22)23)13-12(24-8-9-26(13)15)7-4-10-2-5-11(6-3-10)16(18,19)20/h2-3,5-6,12,24H,4,7-9H2,1H3. The highest BCUT2D eigenvalue weighted by Gasteiger charge is 2.42. The Labute approximate surface area is 151 Å². The number of rotatable bonds is 4. The van der Waals surface area contributed by atoms with Crippen molar-refractivity contribution in [3.05, 3.63) is 46.8 Å². The largest absolute Gasteiger partial charge is 0.468 e. The maximum absolute atomic E-state index is 13.4. The van der Waals surface area contributed by atoms with Gasteiger partial charge in [0, 0.05) is 13.1 Å². The Morgan fingerprint density at radius 2 is 1.78 bits per heavy atom. The first-order valence-corrected chi connectivity index (χ1v) is 8.22. The van der Waals surface area contributed by atoms with Gasteiger partial charge >= 0.3 is 12.4 Å². The van der Waals surface area contributed by atoms with Crippen LogP contribution >= 0.6 is 0 Å². The van der Waals surface area contributed by atoms with Crippen molar-refractivity contribution in [2.45, 2.75) is 37.8 Å². The lowest BCUT2D eigenvalue weighted by Crippen LogP contribution is -2.35. The fourth-order valence-electron chi connectivity index (χ4n) is 3.24. The molecule has 2 aromatic rings. The van der Waals surface area contributed by atoms with Gasteiger partial charge in [-0.3, -0.25) is 4.57 Å². The van der Waals surface area contributed by atoms with Crippen LogP contribution in [-0.4, -0.2) is 23.2 Å². The van der Waals surface area contributed by atoms with Crippen LogP contribution in [0.2, 0.25) is 0 Å². The molecule has 0 spiro atoms.